The van der Waals surface area contributed by atoms with Crippen LogP contribution in [-0.2, 0) is 0 Å². The topological polar surface area (TPSA) is 73.4 Å². The number of rotatable bonds is 3. The lowest BCUT2D eigenvalue weighted by molar-refractivity contribution is 0.0692. The highest BCUT2D eigenvalue weighted by Gasteiger charge is 2.23. The molecule has 5 nitrogen and oxygen atoms in total. The van der Waals surface area contributed by atoms with Crippen LogP contribution in [0.15, 0.2) is 23.0 Å². The van der Waals surface area contributed by atoms with Crippen molar-refractivity contribution >= 4 is 39.5 Å². The zero-order chi connectivity index (χ0) is 15.0. The second-order valence-electron chi connectivity index (χ2n) is 4.88. The molecule has 106 valence electrons. The van der Waals surface area contributed by atoms with E-state index in [1.54, 1.807) is 12.1 Å². The van der Waals surface area contributed by atoms with E-state index in [9.17, 15) is 14.7 Å². The molecule has 20 heavy (non-hydrogen) atoms. The normalized spacial score (nSPS) is 12.8. The van der Waals surface area contributed by atoms with Crippen LogP contribution in [-0.4, -0.2) is 35.1 Å². The molecule has 2 N–H and O–H groups in total. The number of pyridine rings is 1. The Balaban J connectivity index is 2.87. The van der Waals surface area contributed by atoms with Crippen molar-refractivity contribution in [1.29, 1.82) is 0 Å². The molecule has 1 aromatic carbocycles. The monoisotopic (exact) mass is 386 g/mol. The molecule has 1 aromatic heterocycles. The van der Waals surface area contributed by atoms with Crippen molar-refractivity contribution in [1.82, 2.24) is 9.88 Å². The van der Waals surface area contributed by atoms with Gasteiger partial charge in [-0.3, -0.25) is 4.79 Å². The minimum atomic E-state index is -1.20. The maximum absolute atomic E-state index is 12.4. The lowest BCUT2D eigenvalue weighted by atomic mass is 10.0. The Hall–Kier alpha value is -1.41. The Morgan fingerprint density at radius 1 is 1.40 bits per heavy atom. The fraction of sp³-hybridized carbons (Fsp3) is 0.286. The Morgan fingerprint density at radius 2 is 2.05 bits per heavy atom. The van der Waals surface area contributed by atoms with Gasteiger partial charge in [-0.25, -0.2) is 4.79 Å². The maximum atomic E-state index is 12.4. The third-order valence-electron chi connectivity index (χ3n) is 3.40. The quantitative estimate of drug-likeness (QED) is 0.795. The van der Waals surface area contributed by atoms with Crippen LogP contribution < -0.4 is 5.43 Å². The van der Waals surface area contributed by atoms with Gasteiger partial charge in [-0.2, -0.15) is 0 Å². The predicted molar refractivity (Wildman–Crippen MR) is 86.3 cm³/mol. The number of H-pyrrole nitrogens is 1. The number of nitrogens with one attached hydrogen (secondary N) is 1. The number of benzene rings is 1. The van der Waals surface area contributed by atoms with Gasteiger partial charge >= 0.3 is 5.97 Å². The summed E-state index contributed by atoms with van der Waals surface area (Å²) in [5.74, 6) is -1.20. The van der Waals surface area contributed by atoms with Crippen LogP contribution in [0.2, 0.25) is 0 Å². The molecule has 1 unspecified atom stereocenters. The van der Waals surface area contributed by atoms with E-state index in [2.05, 4.69) is 27.6 Å². The molecule has 2 rings (SSSR count). The van der Waals surface area contributed by atoms with Crippen LogP contribution in [0.4, 0.5) is 0 Å². The average molecular weight is 386 g/mol. The number of carbonyl (C=O) groups is 1. The van der Waals surface area contributed by atoms with Gasteiger partial charge in [0.15, 0.2) is 0 Å². The maximum Gasteiger partial charge on any atom is 0.341 e. The van der Waals surface area contributed by atoms with Gasteiger partial charge in [0.05, 0.1) is 5.69 Å². The second-order valence-corrected chi connectivity index (χ2v) is 6.12. The molecule has 0 aliphatic carbocycles. The van der Waals surface area contributed by atoms with Crippen molar-refractivity contribution in [3.63, 3.8) is 0 Å². The highest BCUT2D eigenvalue weighted by atomic mass is 127. The number of aromatic amines is 1. The number of fused-ring (bicyclic) bond motifs is 1. The number of halogens is 1. The fourth-order valence-electron chi connectivity index (χ4n) is 2.06. The number of nitrogens with zero attached hydrogens (tertiary/aromatic N) is 1. The van der Waals surface area contributed by atoms with Crippen LogP contribution >= 0.6 is 22.6 Å². The van der Waals surface area contributed by atoms with E-state index < -0.39 is 11.4 Å². The van der Waals surface area contributed by atoms with Crippen molar-refractivity contribution < 1.29 is 9.90 Å². The smallest absolute Gasteiger partial charge is 0.341 e. The Morgan fingerprint density at radius 3 is 2.60 bits per heavy atom. The summed E-state index contributed by atoms with van der Waals surface area (Å²) < 4.78 is 0.894. The zero-order valence-corrected chi connectivity index (χ0v) is 13.6. The van der Waals surface area contributed by atoms with Crippen LogP contribution in [0.3, 0.4) is 0 Å². The molecule has 0 aliphatic heterocycles. The second kappa shape index (κ2) is 5.53. The molecular weight excluding hydrogens is 371 g/mol. The van der Waals surface area contributed by atoms with E-state index >= 15 is 0 Å². The largest absolute Gasteiger partial charge is 0.477 e. The summed E-state index contributed by atoms with van der Waals surface area (Å²) in [7, 11) is 3.68. The number of aromatic nitrogens is 1. The number of hydrogen-bond donors (Lipinski definition) is 2. The summed E-state index contributed by atoms with van der Waals surface area (Å²) in [6, 6.07) is 5.18. The van der Waals surface area contributed by atoms with Crippen molar-refractivity contribution in [2.24, 2.45) is 0 Å². The minimum absolute atomic E-state index is 0.180. The molecule has 6 heteroatoms. The fourth-order valence-corrected chi connectivity index (χ4v) is 2.55. The van der Waals surface area contributed by atoms with E-state index in [0.717, 1.165) is 3.57 Å². The van der Waals surface area contributed by atoms with E-state index in [4.69, 9.17) is 0 Å². The lowest BCUT2D eigenvalue weighted by Gasteiger charge is -2.22. The van der Waals surface area contributed by atoms with Crippen molar-refractivity contribution in [3.8, 4) is 0 Å². The van der Waals surface area contributed by atoms with Gasteiger partial charge in [-0.1, -0.05) is 0 Å². The SMILES string of the molecule is CC(c1[nH]c2ccc(I)cc2c(=O)c1C(=O)O)N(C)C. The Kier molecular flexibility index (Phi) is 4.14. The van der Waals surface area contributed by atoms with Crippen LogP contribution in [0.25, 0.3) is 10.9 Å². The summed E-state index contributed by atoms with van der Waals surface area (Å²) in [6.45, 7) is 1.86. The van der Waals surface area contributed by atoms with E-state index in [0.29, 0.717) is 16.6 Å². The number of aromatic carboxylic acids is 1. The number of hydrogen-bond acceptors (Lipinski definition) is 3. The molecule has 0 saturated carbocycles. The molecule has 2 aromatic rings. The first-order valence-corrected chi connectivity index (χ1v) is 7.16. The first-order chi connectivity index (χ1) is 9.32. The summed E-state index contributed by atoms with van der Waals surface area (Å²) in [5, 5.41) is 9.77. The third-order valence-corrected chi connectivity index (χ3v) is 4.07. The van der Waals surface area contributed by atoms with Crippen molar-refractivity contribution in [2.75, 3.05) is 14.1 Å². The zero-order valence-electron chi connectivity index (χ0n) is 11.4. The van der Waals surface area contributed by atoms with E-state index in [1.165, 1.54) is 0 Å². The molecular formula is C14H15IN2O3. The van der Waals surface area contributed by atoms with Gasteiger partial charge in [0, 0.05) is 20.5 Å². The first kappa shape index (κ1) is 15.0. The average Bonchev–Trinajstić information content (AvgIpc) is 2.37. The van der Waals surface area contributed by atoms with Gasteiger partial charge < -0.3 is 15.0 Å². The van der Waals surface area contributed by atoms with Gasteiger partial charge in [0.25, 0.3) is 0 Å². The van der Waals surface area contributed by atoms with Crippen LogP contribution in [0, 0.1) is 3.57 Å². The molecule has 0 aliphatic rings. The summed E-state index contributed by atoms with van der Waals surface area (Å²) in [4.78, 5) is 28.9. The molecule has 0 amide bonds. The van der Waals surface area contributed by atoms with Crippen molar-refractivity contribution in [3.05, 3.63) is 43.2 Å². The Labute approximate surface area is 129 Å². The Bertz CT molecular complexity index is 737. The van der Waals surface area contributed by atoms with E-state index in [1.807, 2.05) is 32.0 Å². The van der Waals surface area contributed by atoms with Gasteiger partial charge in [0.2, 0.25) is 5.43 Å². The van der Waals surface area contributed by atoms with Gasteiger partial charge in [-0.15, -0.1) is 0 Å². The molecule has 1 heterocycles. The molecule has 0 spiro atoms. The molecule has 0 saturated heterocycles. The molecule has 0 bridgehead atoms. The van der Waals surface area contributed by atoms with Gasteiger partial charge in [-0.05, 0) is 61.8 Å². The number of carboxylic acid groups (broad SMARTS) is 1. The summed E-state index contributed by atoms with van der Waals surface area (Å²) in [6.07, 6.45) is 0. The minimum Gasteiger partial charge on any atom is -0.477 e. The van der Waals surface area contributed by atoms with Gasteiger partial charge in [0.1, 0.15) is 5.56 Å². The highest BCUT2D eigenvalue weighted by Crippen LogP contribution is 2.22. The van der Waals surface area contributed by atoms with Crippen LogP contribution in [0.1, 0.15) is 29.0 Å². The molecule has 1 atom stereocenters. The first-order valence-electron chi connectivity index (χ1n) is 6.08. The molecule has 0 fully saturated rings. The van der Waals surface area contributed by atoms with Crippen molar-refractivity contribution in [2.45, 2.75) is 13.0 Å². The lowest BCUT2D eigenvalue weighted by Crippen LogP contribution is -2.26. The summed E-state index contributed by atoms with van der Waals surface area (Å²) >= 11 is 2.10. The van der Waals surface area contributed by atoms with E-state index in [-0.39, 0.29) is 11.6 Å². The standard InChI is InChI=1S/C14H15IN2O3/c1-7(17(2)3)12-11(14(19)20)13(18)9-6-8(15)4-5-10(9)16-12/h4-7H,1-3H3,(H,16,18)(H,19,20). The highest BCUT2D eigenvalue weighted by molar-refractivity contribution is 14.1. The third kappa shape index (κ3) is 2.57. The number of carboxylic acids is 1. The predicted octanol–water partition coefficient (Wildman–Crippen LogP) is 2.45. The summed E-state index contributed by atoms with van der Waals surface area (Å²) in [5.41, 5.74) is 0.472. The van der Waals surface area contributed by atoms with Crippen LogP contribution in [0.5, 0.6) is 0 Å². The molecule has 0 radical (unpaired) electrons.